The molecule has 7 heteroatoms. The molecule has 0 fully saturated rings. The van der Waals surface area contributed by atoms with Gasteiger partial charge in [0.05, 0.1) is 30.2 Å². The molecule has 214 valence electrons. The van der Waals surface area contributed by atoms with E-state index in [4.69, 9.17) is 9.47 Å². The van der Waals surface area contributed by atoms with E-state index < -0.39 is 6.42 Å². The maximum absolute atomic E-state index is 5.77. The third kappa shape index (κ3) is 3.76. The van der Waals surface area contributed by atoms with Gasteiger partial charge in [-0.15, -0.1) is 22.7 Å². The van der Waals surface area contributed by atoms with Crippen LogP contribution in [-0.4, -0.2) is 35.3 Å². The summed E-state index contributed by atoms with van der Waals surface area (Å²) in [4.78, 5) is 5.47. The van der Waals surface area contributed by atoms with Crippen LogP contribution in [0.5, 0.6) is 11.5 Å². The third-order valence-electron chi connectivity index (χ3n) is 9.55. The monoisotopic (exact) mass is 592 g/mol. The largest absolute Gasteiger partial charge is 0.497 e. The Bertz CT molecular complexity index is 1920. The molecule has 0 saturated heterocycles. The molecule has 3 aromatic heterocycles. The van der Waals surface area contributed by atoms with Gasteiger partial charge in [0.1, 0.15) is 11.5 Å². The standard InChI is InChI=1S/C35H37BN2O2S2/c1-7-24-13-17-32(41-24)34-28-19-22(39-5)11-15-26(28)30-21-31-27-16-12-23(40-6)20-29(27)35(33-18-14-25(8-2)42-33)38(31)36(9-3,10-4)37(30)34/h11-21H,7-10H2,1-6H3. The second-order valence-electron chi connectivity index (χ2n) is 11.4. The summed E-state index contributed by atoms with van der Waals surface area (Å²) in [6, 6.07) is 22.5. The minimum Gasteiger partial charge on any atom is -0.497 e. The zero-order valence-corrected chi connectivity index (χ0v) is 26.9. The highest BCUT2D eigenvalue weighted by Gasteiger charge is 2.51. The van der Waals surface area contributed by atoms with Crippen LogP contribution < -0.4 is 9.47 Å². The Morgan fingerprint density at radius 1 is 0.714 bits per heavy atom. The van der Waals surface area contributed by atoms with Crippen molar-refractivity contribution in [2.45, 2.75) is 53.2 Å². The topological polar surface area (TPSA) is 26.4 Å². The van der Waals surface area contributed by atoms with Crippen molar-refractivity contribution in [1.82, 2.24) is 4.48 Å². The van der Waals surface area contributed by atoms with Crippen molar-refractivity contribution in [3.05, 3.63) is 92.1 Å². The summed E-state index contributed by atoms with van der Waals surface area (Å²) in [5.41, 5.74) is 7.78. The Morgan fingerprint density at radius 3 is 2.00 bits per heavy atom. The Kier molecular flexibility index (Phi) is 6.71. The highest BCUT2D eigenvalue weighted by atomic mass is 32.1. The van der Waals surface area contributed by atoms with Crippen molar-refractivity contribution in [2.24, 2.45) is 0 Å². The number of rotatable bonds is 8. The van der Waals surface area contributed by atoms with Gasteiger partial charge in [-0.1, -0.05) is 40.3 Å². The van der Waals surface area contributed by atoms with Crippen LogP contribution in [-0.2, 0) is 12.8 Å². The molecule has 0 spiro atoms. The summed E-state index contributed by atoms with van der Waals surface area (Å²) in [5.74, 6) is 1.79. The van der Waals surface area contributed by atoms with Crippen molar-refractivity contribution < 1.29 is 14.0 Å². The summed E-state index contributed by atoms with van der Waals surface area (Å²) in [7, 11) is 3.53. The summed E-state index contributed by atoms with van der Waals surface area (Å²) in [6.07, 6.45) is 5.30. The van der Waals surface area contributed by atoms with Gasteiger partial charge in [0, 0.05) is 42.9 Å². The minimum absolute atomic E-state index is 0.897. The van der Waals surface area contributed by atoms with E-state index >= 15 is 0 Å². The molecule has 0 radical (unpaired) electrons. The van der Waals surface area contributed by atoms with Crippen molar-refractivity contribution in [1.29, 1.82) is 0 Å². The van der Waals surface area contributed by atoms with Gasteiger partial charge >= 0.3 is 6.42 Å². The molecule has 5 heterocycles. The van der Waals surface area contributed by atoms with E-state index in [-0.39, 0.29) is 0 Å². The number of hydrogen-bond acceptors (Lipinski definition) is 4. The predicted molar refractivity (Wildman–Crippen MR) is 181 cm³/mol. The van der Waals surface area contributed by atoms with Crippen molar-refractivity contribution in [3.63, 3.8) is 0 Å². The molecule has 2 aromatic carbocycles. The van der Waals surface area contributed by atoms with Crippen LogP contribution in [0.15, 0.2) is 60.7 Å². The van der Waals surface area contributed by atoms with Gasteiger partial charge in [0.25, 0.3) is 0 Å². The van der Waals surface area contributed by atoms with Gasteiger partial charge in [-0.2, -0.15) is 0 Å². The molecule has 0 unspecified atom stereocenters. The second kappa shape index (κ2) is 10.3. The SMILES string of the molecule is CCc1ccc(C2=[N+]3C(=Cc4c5ccc(OC)cc5c(-c5ccc(CC)s5)n4[B-]3(CC)CC)c3ccc(OC)cc32)s1. The van der Waals surface area contributed by atoms with Crippen LogP contribution in [0.4, 0.5) is 0 Å². The number of methoxy groups -OCH3 is 2. The first kappa shape index (κ1) is 27.3. The molecule has 0 atom stereocenters. The van der Waals surface area contributed by atoms with E-state index in [1.54, 1.807) is 14.2 Å². The third-order valence-corrected chi connectivity index (χ3v) is 12.0. The molecule has 7 rings (SSSR count). The number of aromatic nitrogens is 1. The zero-order chi connectivity index (χ0) is 29.2. The van der Waals surface area contributed by atoms with Crippen molar-refractivity contribution in [3.8, 4) is 22.1 Å². The summed E-state index contributed by atoms with van der Waals surface area (Å²) in [5, 5.41) is 2.55. The Morgan fingerprint density at radius 2 is 1.36 bits per heavy atom. The first-order chi connectivity index (χ1) is 20.5. The fourth-order valence-corrected chi connectivity index (χ4v) is 9.36. The van der Waals surface area contributed by atoms with Crippen LogP contribution in [0.1, 0.15) is 59.1 Å². The lowest BCUT2D eigenvalue weighted by Gasteiger charge is -2.42. The normalized spacial score (nSPS) is 15.0. The van der Waals surface area contributed by atoms with E-state index in [1.807, 2.05) is 22.7 Å². The van der Waals surface area contributed by atoms with Crippen LogP contribution in [0.2, 0.25) is 12.6 Å². The number of thiophene rings is 2. The Labute approximate surface area is 256 Å². The highest BCUT2D eigenvalue weighted by Crippen LogP contribution is 2.49. The first-order valence-corrected chi connectivity index (χ1v) is 16.8. The maximum Gasteiger partial charge on any atom is 0.378 e. The number of nitrogens with zero attached hydrogens (tertiary/aromatic N) is 2. The maximum atomic E-state index is 5.77. The lowest BCUT2D eigenvalue weighted by Crippen LogP contribution is -2.56. The molecule has 0 saturated carbocycles. The number of fused-ring (bicyclic) bond motifs is 6. The van der Waals surface area contributed by atoms with E-state index in [1.165, 1.54) is 64.2 Å². The second-order valence-corrected chi connectivity index (χ2v) is 13.7. The fourth-order valence-electron chi connectivity index (χ4n) is 7.35. The summed E-state index contributed by atoms with van der Waals surface area (Å²) in [6.45, 7) is 9.25. The van der Waals surface area contributed by atoms with Gasteiger partial charge in [-0.05, 0) is 73.5 Å². The Balaban J connectivity index is 1.65. The fraction of sp³-hybridized carbons (Fsp3) is 0.286. The van der Waals surface area contributed by atoms with Crippen molar-refractivity contribution in [2.75, 3.05) is 14.2 Å². The van der Waals surface area contributed by atoms with Crippen LogP contribution in [0, 0.1) is 0 Å². The average molecular weight is 593 g/mol. The molecular formula is C35H37BN2O2S2. The Hall–Kier alpha value is -3.55. The van der Waals surface area contributed by atoms with Gasteiger partial charge in [0.15, 0.2) is 11.4 Å². The van der Waals surface area contributed by atoms with Gasteiger partial charge < -0.3 is 18.4 Å². The van der Waals surface area contributed by atoms with E-state index in [0.29, 0.717) is 0 Å². The van der Waals surface area contributed by atoms with E-state index in [0.717, 1.165) is 37.0 Å². The molecule has 5 aromatic rings. The molecule has 0 aliphatic carbocycles. The zero-order valence-electron chi connectivity index (χ0n) is 25.3. The molecule has 2 aliphatic heterocycles. The number of aryl methyl sites for hydroxylation is 2. The summed E-state index contributed by atoms with van der Waals surface area (Å²) < 4.78 is 17.0. The number of benzene rings is 2. The van der Waals surface area contributed by atoms with E-state index in [9.17, 15) is 0 Å². The quantitative estimate of drug-likeness (QED) is 0.168. The number of ether oxygens (including phenoxy) is 2. The molecule has 4 nitrogen and oxygen atoms in total. The highest BCUT2D eigenvalue weighted by molar-refractivity contribution is 7.15. The summed E-state index contributed by atoms with van der Waals surface area (Å²) >= 11 is 3.84. The van der Waals surface area contributed by atoms with Gasteiger partial charge in [-0.3, -0.25) is 0 Å². The molecule has 42 heavy (non-hydrogen) atoms. The minimum atomic E-state index is -1.26. The predicted octanol–water partition coefficient (Wildman–Crippen LogP) is 9.28. The lowest BCUT2D eigenvalue weighted by atomic mass is 9.40. The van der Waals surface area contributed by atoms with Crippen LogP contribution in [0.3, 0.4) is 0 Å². The van der Waals surface area contributed by atoms with E-state index in [2.05, 4.69) is 103 Å². The average Bonchev–Trinajstić information content (AvgIpc) is 3.82. The first-order valence-electron chi connectivity index (χ1n) is 15.2. The van der Waals surface area contributed by atoms with Gasteiger partial charge in [-0.25, -0.2) is 0 Å². The molecule has 0 bridgehead atoms. The van der Waals surface area contributed by atoms with Crippen LogP contribution in [0.25, 0.3) is 33.1 Å². The lowest BCUT2D eigenvalue weighted by molar-refractivity contribution is -0.289. The molecule has 0 N–H and O–H groups in total. The smallest absolute Gasteiger partial charge is 0.378 e. The van der Waals surface area contributed by atoms with Crippen molar-refractivity contribution >= 4 is 57.3 Å². The molecular weight excluding hydrogens is 555 g/mol. The molecule has 0 amide bonds. The van der Waals surface area contributed by atoms with Crippen LogP contribution >= 0.6 is 22.7 Å². The number of hydrogen-bond donors (Lipinski definition) is 0. The van der Waals surface area contributed by atoms with Gasteiger partial charge in [0.2, 0.25) is 0 Å². The molecule has 2 aliphatic rings.